The van der Waals surface area contributed by atoms with E-state index in [1.54, 1.807) is 14.1 Å². The zero-order chi connectivity index (χ0) is 18.4. The van der Waals surface area contributed by atoms with Gasteiger partial charge in [-0.15, -0.1) is 0 Å². The summed E-state index contributed by atoms with van der Waals surface area (Å²) in [6, 6.07) is 2.56. The second kappa shape index (κ2) is 8.42. The third-order valence-corrected chi connectivity index (χ3v) is 3.64. The molecule has 0 aliphatic rings. The van der Waals surface area contributed by atoms with E-state index in [1.807, 2.05) is 6.92 Å². The second-order valence-corrected chi connectivity index (χ2v) is 5.97. The fourth-order valence-electron chi connectivity index (χ4n) is 2.30. The molecule has 7 nitrogen and oxygen atoms in total. The Morgan fingerprint density at radius 3 is 2.46 bits per heavy atom. The lowest BCUT2D eigenvalue weighted by Gasteiger charge is -2.20. The summed E-state index contributed by atoms with van der Waals surface area (Å²) in [5.74, 6) is -0.726. The molecular weight excluding hydrogens is 310 g/mol. The molecule has 1 rings (SSSR count). The molecule has 1 N–H and O–H groups in total. The average Bonchev–Trinajstić information content (AvgIpc) is 2.51. The number of nitro groups is 1. The molecule has 0 aliphatic carbocycles. The zero-order valence-corrected chi connectivity index (χ0v) is 14.6. The Labute approximate surface area is 142 Å². The van der Waals surface area contributed by atoms with Crippen LogP contribution in [-0.2, 0) is 0 Å². The average molecular weight is 334 g/mol. The number of hydrogen-bond donors (Lipinski definition) is 1. The van der Waals surface area contributed by atoms with Crippen LogP contribution in [0.4, 0.5) is 11.4 Å². The number of Topliss-reactive ketones (excluding diaryl/α,β-unsaturated/α-hetero) is 1. The number of nitro benzene ring substituents is 1. The minimum absolute atomic E-state index is 0.0673. The summed E-state index contributed by atoms with van der Waals surface area (Å²) in [7, 11) is 3.12. The Balaban J connectivity index is 3.47. The van der Waals surface area contributed by atoms with Crippen LogP contribution in [0.1, 0.15) is 53.8 Å². The minimum atomic E-state index is -0.574. The van der Waals surface area contributed by atoms with Gasteiger partial charge in [0.1, 0.15) is 5.69 Å². The van der Waals surface area contributed by atoms with Gasteiger partial charge in [-0.1, -0.05) is 19.8 Å². The smallest absolute Gasteiger partial charge is 0.293 e. The molecule has 1 amide bonds. The highest BCUT2D eigenvalue weighted by Crippen LogP contribution is 2.32. The molecule has 24 heavy (non-hydrogen) atoms. The van der Waals surface area contributed by atoms with Gasteiger partial charge in [0.25, 0.3) is 11.6 Å². The molecule has 0 fully saturated rings. The second-order valence-electron chi connectivity index (χ2n) is 5.97. The number of carbonyl (C=O) groups is 2. The summed E-state index contributed by atoms with van der Waals surface area (Å²) in [4.78, 5) is 36.3. The van der Waals surface area contributed by atoms with Crippen LogP contribution in [0.5, 0.6) is 0 Å². The third kappa shape index (κ3) is 4.78. The van der Waals surface area contributed by atoms with Gasteiger partial charge >= 0.3 is 0 Å². The molecule has 1 atom stereocenters. The fourth-order valence-corrected chi connectivity index (χ4v) is 2.30. The normalized spacial score (nSPS) is 11.7. The Hall–Kier alpha value is -2.44. The van der Waals surface area contributed by atoms with Crippen LogP contribution in [-0.4, -0.2) is 41.7 Å². The van der Waals surface area contributed by atoms with Gasteiger partial charge in [-0.3, -0.25) is 19.7 Å². The number of carbonyl (C=O) groups excluding carboxylic acids is 2. The van der Waals surface area contributed by atoms with E-state index in [9.17, 15) is 19.7 Å². The topological polar surface area (TPSA) is 92.6 Å². The van der Waals surface area contributed by atoms with Gasteiger partial charge in [0.05, 0.1) is 10.5 Å². The monoisotopic (exact) mass is 334 g/mol. The van der Waals surface area contributed by atoms with Crippen molar-refractivity contribution in [2.45, 2.75) is 39.2 Å². The third-order valence-electron chi connectivity index (χ3n) is 3.64. The van der Waals surface area contributed by atoms with Crippen molar-refractivity contribution in [2.24, 2.45) is 0 Å². The molecule has 0 saturated carbocycles. The maximum absolute atomic E-state index is 12.5. The van der Waals surface area contributed by atoms with Crippen molar-refractivity contribution in [3.63, 3.8) is 0 Å². The first-order valence-corrected chi connectivity index (χ1v) is 7.79. The van der Waals surface area contributed by atoms with E-state index in [2.05, 4.69) is 12.2 Å². The van der Waals surface area contributed by atoms with Crippen molar-refractivity contribution in [3.8, 4) is 0 Å². The van der Waals surface area contributed by atoms with Crippen molar-refractivity contribution < 1.29 is 14.5 Å². The molecule has 0 aromatic heterocycles. The van der Waals surface area contributed by atoms with Crippen molar-refractivity contribution in [3.05, 3.63) is 40.3 Å². The highest BCUT2D eigenvalue weighted by molar-refractivity contribution is 6.05. The summed E-state index contributed by atoms with van der Waals surface area (Å²) in [5, 5.41) is 14.5. The molecule has 0 unspecified atom stereocenters. The first kappa shape index (κ1) is 19.6. The number of hydrogen-bond acceptors (Lipinski definition) is 5. The number of benzene rings is 1. The van der Waals surface area contributed by atoms with E-state index in [0.717, 1.165) is 19.3 Å². The Kier molecular flexibility index (Phi) is 6.88. The standard InChI is InChI=1S/C17H24N3O4/c1-6-7-8-11(2)18-16-14(17(22)19(4)5)9-13(12(3)21)10-15(16)20(23)24/h9-11,18H,1,6-8H2,2-5H3/t11-/m1/s1. The predicted octanol–water partition coefficient (Wildman–Crippen LogP) is 3.30. The van der Waals surface area contributed by atoms with Crippen molar-refractivity contribution in [1.29, 1.82) is 0 Å². The molecule has 1 aromatic carbocycles. The molecule has 0 aliphatic heterocycles. The highest BCUT2D eigenvalue weighted by Gasteiger charge is 2.26. The first-order valence-electron chi connectivity index (χ1n) is 7.79. The highest BCUT2D eigenvalue weighted by atomic mass is 16.6. The number of rotatable bonds is 8. The van der Waals surface area contributed by atoms with Gasteiger partial charge in [0, 0.05) is 31.8 Å². The van der Waals surface area contributed by atoms with Gasteiger partial charge < -0.3 is 10.2 Å². The summed E-state index contributed by atoms with van der Waals surface area (Å²) < 4.78 is 0. The lowest BCUT2D eigenvalue weighted by atomic mass is 10.0. The maximum Gasteiger partial charge on any atom is 0.293 e. The van der Waals surface area contributed by atoms with Gasteiger partial charge in [0.15, 0.2) is 5.78 Å². The molecule has 7 heteroatoms. The molecule has 0 heterocycles. The van der Waals surface area contributed by atoms with Crippen molar-refractivity contribution in [2.75, 3.05) is 19.4 Å². The van der Waals surface area contributed by atoms with Crippen LogP contribution < -0.4 is 5.32 Å². The van der Waals surface area contributed by atoms with E-state index >= 15 is 0 Å². The van der Waals surface area contributed by atoms with Crippen LogP contribution in [0.3, 0.4) is 0 Å². The van der Waals surface area contributed by atoms with E-state index in [0.29, 0.717) is 0 Å². The predicted molar refractivity (Wildman–Crippen MR) is 93.4 cm³/mol. The van der Waals surface area contributed by atoms with Crippen LogP contribution in [0.2, 0.25) is 0 Å². The van der Waals surface area contributed by atoms with Gasteiger partial charge in [-0.25, -0.2) is 0 Å². The Morgan fingerprint density at radius 1 is 1.38 bits per heavy atom. The molecular formula is C17H24N3O4. The van der Waals surface area contributed by atoms with Gasteiger partial charge in [-0.05, 0) is 26.3 Å². The largest absolute Gasteiger partial charge is 0.376 e. The summed E-state index contributed by atoms with van der Waals surface area (Å²) in [5.41, 5.74) is 0.151. The number of nitrogens with one attached hydrogen (secondary N) is 1. The molecule has 1 aromatic rings. The number of amides is 1. The van der Waals surface area contributed by atoms with Crippen LogP contribution >= 0.6 is 0 Å². The zero-order valence-electron chi connectivity index (χ0n) is 14.6. The molecule has 131 valence electrons. The summed E-state index contributed by atoms with van der Waals surface area (Å²) >= 11 is 0. The number of ketones is 1. The molecule has 1 radical (unpaired) electrons. The number of unbranched alkanes of at least 4 members (excludes halogenated alkanes) is 1. The number of nitrogens with zero attached hydrogens (tertiary/aromatic N) is 2. The maximum atomic E-state index is 12.5. The molecule has 0 spiro atoms. The van der Waals surface area contributed by atoms with E-state index in [4.69, 9.17) is 0 Å². The summed E-state index contributed by atoms with van der Waals surface area (Å²) in [6.45, 7) is 6.98. The quantitative estimate of drug-likeness (QED) is 0.447. The Bertz CT molecular complexity index is 641. The Morgan fingerprint density at radius 2 is 2.00 bits per heavy atom. The van der Waals surface area contributed by atoms with Gasteiger partial charge in [0.2, 0.25) is 0 Å². The molecule has 0 saturated heterocycles. The lowest BCUT2D eigenvalue weighted by Crippen LogP contribution is -2.25. The number of anilines is 1. The van der Waals surface area contributed by atoms with Crippen LogP contribution in [0.15, 0.2) is 12.1 Å². The van der Waals surface area contributed by atoms with E-state index < -0.39 is 10.8 Å². The van der Waals surface area contributed by atoms with Crippen LogP contribution in [0.25, 0.3) is 0 Å². The summed E-state index contributed by atoms with van der Waals surface area (Å²) in [6.07, 6.45) is 2.40. The minimum Gasteiger partial charge on any atom is -0.376 e. The van der Waals surface area contributed by atoms with E-state index in [-0.39, 0.29) is 34.3 Å². The van der Waals surface area contributed by atoms with Crippen molar-refractivity contribution in [1.82, 2.24) is 4.90 Å². The first-order chi connectivity index (χ1) is 11.2. The molecule has 0 bridgehead atoms. The fraction of sp³-hybridized carbons (Fsp3) is 0.471. The lowest BCUT2D eigenvalue weighted by molar-refractivity contribution is -0.384. The van der Waals surface area contributed by atoms with Gasteiger partial charge in [-0.2, -0.15) is 0 Å². The van der Waals surface area contributed by atoms with Crippen LogP contribution in [0, 0.1) is 17.0 Å². The SMILES string of the molecule is [CH2]CCC[C@@H](C)Nc1c(C(=O)N(C)C)cc(C(C)=O)cc1[N+](=O)[O-]. The van der Waals surface area contributed by atoms with Crippen molar-refractivity contribution >= 4 is 23.1 Å². The van der Waals surface area contributed by atoms with E-state index in [1.165, 1.54) is 24.0 Å².